The van der Waals surface area contributed by atoms with Gasteiger partial charge in [-0.3, -0.25) is 0 Å². The van der Waals surface area contributed by atoms with E-state index in [1.165, 1.54) is 12.8 Å². The van der Waals surface area contributed by atoms with Gasteiger partial charge < -0.3 is 15.4 Å². The number of nitrogens with one attached hydrogen (secondary N) is 2. The molecule has 1 aliphatic rings. The Morgan fingerprint density at radius 2 is 2.06 bits per heavy atom. The Labute approximate surface area is 95.0 Å². The maximum absolute atomic E-state index is 11.4. The van der Waals surface area contributed by atoms with E-state index >= 15 is 0 Å². The molecule has 4 heteroatoms. The van der Waals surface area contributed by atoms with Crippen LogP contribution in [0.3, 0.4) is 0 Å². The number of methoxy groups -OCH3 is 1. The van der Waals surface area contributed by atoms with Crippen LogP contribution < -0.4 is 15.4 Å². The molecule has 0 spiro atoms. The first-order chi connectivity index (χ1) is 7.78. The van der Waals surface area contributed by atoms with Crippen molar-refractivity contribution in [3.63, 3.8) is 0 Å². The van der Waals surface area contributed by atoms with E-state index in [1.54, 1.807) is 7.11 Å². The van der Waals surface area contributed by atoms with Gasteiger partial charge in [-0.2, -0.15) is 0 Å². The normalized spacial score (nSPS) is 14.3. The fourth-order valence-corrected chi connectivity index (χ4v) is 1.41. The molecule has 0 unspecified atom stereocenters. The first kappa shape index (κ1) is 10.8. The Kier molecular flexibility index (Phi) is 3.29. The fraction of sp³-hybridized carbons (Fsp3) is 0.417. The molecule has 1 aromatic carbocycles. The van der Waals surface area contributed by atoms with Gasteiger partial charge in [0.2, 0.25) is 0 Å². The summed E-state index contributed by atoms with van der Waals surface area (Å²) in [6, 6.07) is 7.12. The van der Waals surface area contributed by atoms with E-state index in [4.69, 9.17) is 4.74 Å². The van der Waals surface area contributed by atoms with Gasteiger partial charge in [0.1, 0.15) is 5.75 Å². The number of carbonyl (C=O) groups is 1. The summed E-state index contributed by atoms with van der Waals surface area (Å²) in [5.41, 5.74) is 0.772. The highest BCUT2D eigenvalue weighted by molar-refractivity contribution is 5.89. The van der Waals surface area contributed by atoms with Crippen LogP contribution in [0.15, 0.2) is 24.3 Å². The number of ether oxygens (including phenoxy) is 1. The average molecular weight is 220 g/mol. The smallest absolute Gasteiger partial charge is 0.319 e. The highest BCUT2D eigenvalue weighted by Gasteiger charge is 2.21. The molecule has 0 bridgehead atoms. The van der Waals surface area contributed by atoms with Crippen LogP contribution in [-0.4, -0.2) is 19.7 Å². The Morgan fingerprint density at radius 3 is 2.62 bits per heavy atom. The third-order valence-corrected chi connectivity index (χ3v) is 2.60. The molecular formula is C12H16N2O2. The second-order valence-electron chi connectivity index (χ2n) is 4.01. The first-order valence-corrected chi connectivity index (χ1v) is 5.47. The third-order valence-electron chi connectivity index (χ3n) is 2.60. The minimum absolute atomic E-state index is 0.142. The van der Waals surface area contributed by atoms with E-state index in [0.717, 1.165) is 18.0 Å². The van der Waals surface area contributed by atoms with E-state index in [9.17, 15) is 4.79 Å². The van der Waals surface area contributed by atoms with Crippen LogP contribution in [0.1, 0.15) is 12.8 Å². The number of hydrogen-bond donors (Lipinski definition) is 2. The average Bonchev–Trinajstić information content (AvgIpc) is 3.11. The fourth-order valence-electron chi connectivity index (χ4n) is 1.41. The number of carbonyl (C=O) groups excluding carboxylic acids is 1. The van der Waals surface area contributed by atoms with Gasteiger partial charge in [-0.15, -0.1) is 0 Å². The van der Waals surface area contributed by atoms with E-state index in [1.807, 2.05) is 24.3 Å². The number of anilines is 1. The third kappa shape index (κ3) is 3.15. The molecule has 4 nitrogen and oxygen atoms in total. The standard InChI is InChI=1S/C12H16N2O2/c1-16-11-6-4-10(5-7-11)14-12(15)13-8-9-2-3-9/h4-7,9H,2-3,8H2,1H3,(H2,13,14,15). The first-order valence-electron chi connectivity index (χ1n) is 5.47. The zero-order valence-electron chi connectivity index (χ0n) is 9.32. The summed E-state index contributed by atoms with van der Waals surface area (Å²) in [7, 11) is 1.62. The zero-order chi connectivity index (χ0) is 11.4. The molecule has 1 aliphatic carbocycles. The molecular weight excluding hydrogens is 204 g/mol. The lowest BCUT2D eigenvalue weighted by Crippen LogP contribution is -2.30. The quantitative estimate of drug-likeness (QED) is 0.817. The van der Waals surface area contributed by atoms with Crippen LogP contribution in [0.25, 0.3) is 0 Å². The Balaban J connectivity index is 1.79. The van der Waals surface area contributed by atoms with E-state index in [-0.39, 0.29) is 6.03 Å². The molecule has 1 aromatic rings. The largest absolute Gasteiger partial charge is 0.497 e. The zero-order valence-corrected chi connectivity index (χ0v) is 9.32. The highest BCUT2D eigenvalue weighted by Crippen LogP contribution is 2.27. The van der Waals surface area contributed by atoms with Gasteiger partial charge in [0.05, 0.1) is 7.11 Å². The predicted octanol–water partition coefficient (Wildman–Crippen LogP) is 2.23. The molecule has 16 heavy (non-hydrogen) atoms. The molecule has 86 valence electrons. The van der Waals surface area contributed by atoms with Gasteiger partial charge >= 0.3 is 6.03 Å². The van der Waals surface area contributed by atoms with Crippen molar-refractivity contribution in [3.8, 4) is 5.75 Å². The maximum atomic E-state index is 11.4. The van der Waals surface area contributed by atoms with Gasteiger partial charge in [-0.25, -0.2) is 4.79 Å². The highest BCUT2D eigenvalue weighted by atomic mass is 16.5. The van der Waals surface area contributed by atoms with Crippen molar-refractivity contribution in [1.82, 2.24) is 5.32 Å². The van der Waals surface area contributed by atoms with Gasteiger partial charge in [0.25, 0.3) is 0 Å². The van der Waals surface area contributed by atoms with Crippen molar-refractivity contribution >= 4 is 11.7 Å². The summed E-state index contributed by atoms with van der Waals surface area (Å²) in [5, 5.41) is 5.61. The number of urea groups is 1. The van der Waals surface area contributed by atoms with Crippen LogP contribution in [-0.2, 0) is 0 Å². The van der Waals surface area contributed by atoms with Crippen molar-refractivity contribution in [1.29, 1.82) is 0 Å². The van der Waals surface area contributed by atoms with E-state index in [0.29, 0.717) is 5.92 Å². The van der Waals surface area contributed by atoms with E-state index < -0.39 is 0 Å². The number of benzene rings is 1. The molecule has 0 saturated heterocycles. The Hall–Kier alpha value is -1.71. The lowest BCUT2D eigenvalue weighted by molar-refractivity contribution is 0.251. The molecule has 1 saturated carbocycles. The summed E-state index contributed by atoms with van der Waals surface area (Å²) in [5.74, 6) is 1.48. The summed E-state index contributed by atoms with van der Waals surface area (Å²) in [6.07, 6.45) is 2.48. The van der Waals surface area contributed by atoms with Crippen molar-refractivity contribution < 1.29 is 9.53 Å². The Morgan fingerprint density at radius 1 is 1.38 bits per heavy atom. The number of amides is 2. The van der Waals surface area contributed by atoms with E-state index in [2.05, 4.69) is 10.6 Å². The van der Waals surface area contributed by atoms with Crippen LogP contribution >= 0.6 is 0 Å². The van der Waals surface area contributed by atoms with Crippen molar-refractivity contribution in [2.75, 3.05) is 19.0 Å². The number of rotatable bonds is 4. The van der Waals surface area contributed by atoms with Crippen molar-refractivity contribution in [2.24, 2.45) is 5.92 Å². The summed E-state index contributed by atoms with van der Waals surface area (Å²) < 4.78 is 5.03. The molecule has 0 radical (unpaired) electrons. The topological polar surface area (TPSA) is 50.4 Å². The van der Waals surface area contributed by atoms with Crippen LogP contribution in [0, 0.1) is 5.92 Å². The SMILES string of the molecule is COc1ccc(NC(=O)NCC2CC2)cc1. The Bertz CT molecular complexity index is 358. The number of hydrogen-bond acceptors (Lipinski definition) is 2. The second kappa shape index (κ2) is 4.88. The van der Waals surface area contributed by atoms with Gasteiger partial charge in [-0.1, -0.05) is 0 Å². The molecule has 0 heterocycles. The minimum Gasteiger partial charge on any atom is -0.497 e. The molecule has 2 amide bonds. The van der Waals surface area contributed by atoms with Crippen LogP contribution in [0.2, 0.25) is 0 Å². The monoisotopic (exact) mass is 220 g/mol. The van der Waals surface area contributed by atoms with Gasteiger partial charge in [0, 0.05) is 12.2 Å². The molecule has 2 rings (SSSR count). The molecule has 0 atom stereocenters. The van der Waals surface area contributed by atoms with Crippen LogP contribution in [0.4, 0.5) is 10.5 Å². The molecule has 2 N–H and O–H groups in total. The van der Waals surface area contributed by atoms with Gasteiger partial charge in [-0.05, 0) is 43.0 Å². The lowest BCUT2D eigenvalue weighted by Gasteiger charge is -2.07. The minimum atomic E-state index is -0.142. The molecule has 0 aliphatic heterocycles. The van der Waals surface area contributed by atoms with Crippen molar-refractivity contribution in [2.45, 2.75) is 12.8 Å². The summed E-state index contributed by atoms with van der Waals surface area (Å²) in [4.78, 5) is 11.4. The van der Waals surface area contributed by atoms with Gasteiger partial charge in [0.15, 0.2) is 0 Å². The van der Waals surface area contributed by atoms with Crippen LogP contribution in [0.5, 0.6) is 5.75 Å². The maximum Gasteiger partial charge on any atom is 0.319 e. The summed E-state index contributed by atoms with van der Waals surface area (Å²) in [6.45, 7) is 0.780. The molecule has 0 aromatic heterocycles. The summed E-state index contributed by atoms with van der Waals surface area (Å²) >= 11 is 0. The second-order valence-corrected chi connectivity index (χ2v) is 4.01. The lowest BCUT2D eigenvalue weighted by atomic mass is 10.3. The van der Waals surface area contributed by atoms with Crippen molar-refractivity contribution in [3.05, 3.63) is 24.3 Å². The predicted molar refractivity (Wildman–Crippen MR) is 62.7 cm³/mol. The molecule has 1 fully saturated rings.